The number of nitrogens with one attached hydrogen (secondary N) is 1. The summed E-state index contributed by atoms with van der Waals surface area (Å²) in [6, 6.07) is 9.75. The van der Waals surface area contributed by atoms with Gasteiger partial charge in [0.2, 0.25) is 0 Å². The smallest absolute Gasteiger partial charge is 0.0586 e. The third-order valence-corrected chi connectivity index (χ3v) is 4.97. The lowest BCUT2D eigenvalue weighted by Crippen LogP contribution is -2.29. The minimum absolute atomic E-state index is 0.462. The molecule has 1 N–H and O–H groups in total. The van der Waals surface area contributed by atoms with Crippen molar-refractivity contribution in [3.8, 4) is 0 Å². The number of methoxy groups -OCH3 is 1. The molecular formula is C18H28N2O. The van der Waals surface area contributed by atoms with Crippen molar-refractivity contribution in [1.82, 2.24) is 5.32 Å². The van der Waals surface area contributed by atoms with Gasteiger partial charge in [0.05, 0.1) is 6.10 Å². The van der Waals surface area contributed by atoms with E-state index in [0.29, 0.717) is 12.1 Å². The number of ether oxygens (including phenoxy) is 1. The second-order valence-electron chi connectivity index (χ2n) is 6.46. The van der Waals surface area contributed by atoms with Gasteiger partial charge in [-0.25, -0.2) is 0 Å². The Morgan fingerprint density at radius 3 is 2.52 bits per heavy atom. The van der Waals surface area contributed by atoms with Crippen LogP contribution in [0.4, 0.5) is 5.69 Å². The topological polar surface area (TPSA) is 24.5 Å². The van der Waals surface area contributed by atoms with E-state index in [4.69, 9.17) is 4.74 Å². The Labute approximate surface area is 128 Å². The second kappa shape index (κ2) is 7.28. The van der Waals surface area contributed by atoms with Gasteiger partial charge >= 0.3 is 0 Å². The summed E-state index contributed by atoms with van der Waals surface area (Å²) in [4.78, 5) is 2.51. The zero-order valence-electron chi connectivity index (χ0n) is 13.2. The molecule has 0 aromatic heterocycles. The van der Waals surface area contributed by atoms with Crippen LogP contribution in [-0.4, -0.2) is 32.3 Å². The first-order valence-corrected chi connectivity index (χ1v) is 8.45. The normalized spacial score (nSPS) is 26.2. The fraction of sp³-hybridized carbons (Fsp3) is 0.667. The molecule has 2 fully saturated rings. The first-order chi connectivity index (χ1) is 10.3. The Bertz CT molecular complexity index is 425. The van der Waals surface area contributed by atoms with Crippen molar-refractivity contribution in [3.63, 3.8) is 0 Å². The van der Waals surface area contributed by atoms with E-state index < -0.39 is 0 Å². The van der Waals surface area contributed by atoms with E-state index >= 15 is 0 Å². The molecule has 2 atom stereocenters. The molecular weight excluding hydrogens is 260 g/mol. The van der Waals surface area contributed by atoms with E-state index in [1.165, 1.54) is 56.4 Å². The summed E-state index contributed by atoms with van der Waals surface area (Å²) >= 11 is 0. The van der Waals surface area contributed by atoms with Crippen LogP contribution in [0.2, 0.25) is 0 Å². The Morgan fingerprint density at radius 1 is 1.10 bits per heavy atom. The second-order valence-corrected chi connectivity index (χ2v) is 6.46. The number of benzene rings is 1. The predicted molar refractivity (Wildman–Crippen MR) is 87.8 cm³/mol. The van der Waals surface area contributed by atoms with Gasteiger partial charge in [-0.3, -0.25) is 0 Å². The summed E-state index contributed by atoms with van der Waals surface area (Å²) in [5.74, 6) is 0. The van der Waals surface area contributed by atoms with Crippen molar-refractivity contribution < 1.29 is 4.74 Å². The van der Waals surface area contributed by atoms with Crippen molar-refractivity contribution in [1.29, 1.82) is 0 Å². The molecule has 116 valence electrons. The average Bonchev–Trinajstić information content (AvgIpc) is 3.02. The van der Waals surface area contributed by atoms with E-state index in [1.807, 2.05) is 7.11 Å². The van der Waals surface area contributed by atoms with Crippen LogP contribution < -0.4 is 10.2 Å². The molecule has 0 radical (unpaired) electrons. The van der Waals surface area contributed by atoms with Gasteiger partial charge in [0, 0.05) is 38.5 Å². The third-order valence-electron chi connectivity index (χ3n) is 4.97. The van der Waals surface area contributed by atoms with Crippen LogP contribution in [0.25, 0.3) is 0 Å². The third kappa shape index (κ3) is 3.98. The van der Waals surface area contributed by atoms with Crippen molar-refractivity contribution in [2.24, 2.45) is 0 Å². The summed E-state index contributed by atoms with van der Waals surface area (Å²) in [5.41, 5.74) is 2.77. The molecule has 2 unspecified atom stereocenters. The molecule has 3 heteroatoms. The molecule has 1 aliphatic carbocycles. The molecule has 0 spiro atoms. The van der Waals surface area contributed by atoms with Gasteiger partial charge < -0.3 is 15.0 Å². The number of anilines is 1. The van der Waals surface area contributed by atoms with Crippen LogP contribution in [0, 0.1) is 0 Å². The highest BCUT2D eigenvalue weighted by molar-refractivity contribution is 5.47. The molecule has 1 heterocycles. The molecule has 1 aromatic carbocycles. The fourth-order valence-electron chi connectivity index (χ4n) is 3.58. The van der Waals surface area contributed by atoms with Crippen LogP contribution >= 0.6 is 0 Å². The quantitative estimate of drug-likeness (QED) is 0.899. The zero-order valence-corrected chi connectivity index (χ0v) is 13.2. The van der Waals surface area contributed by atoms with Gasteiger partial charge in [0.15, 0.2) is 0 Å². The average molecular weight is 288 g/mol. The lowest BCUT2D eigenvalue weighted by molar-refractivity contribution is 0.107. The first-order valence-electron chi connectivity index (χ1n) is 8.45. The van der Waals surface area contributed by atoms with E-state index in [-0.39, 0.29) is 0 Å². The highest BCUT2D eigenvalue weighted by Gasteiger charge is 2.23. The molecule has 3 nitrogen and oxygen atoms in total. The number of piperidine rings is 1. The van der Waals surface area contributed by atoms with E-state index in [0.717, 1.165) is 13.0 Å². The Balaban J connectivity index is 1.48. The SMILES string of the molecule is COC1CCC(NCc2ccc(N3CCCCC3)cc2)C1. The lowest BCUT2D eigenvalue weighted by Gasteiger charge is -2.28. The van der Waals surface area contributed by atoms with E-state index in [2.05, 4.69) is 34.5 Å². The molecule has 0 amide bonds. The van der Waals surface area contributed by atoms with E-state index in [9.17, 15) is 0 Å². The monoisotopic (exact) mass is 288 g/mol. The Hall–Kier alpha value is -1.06. The minimum atomic E-state index is 0.462. The predicted octanol–water partition coefficient (Wildman–Crippen LogP) is 3.33. The van der Waals surface area contributed by atoms with Gasteiger partial charge in [-0.05, 0) is 56.2 Å². The van der Waals surface area contributed by atoms with Crippen molar-refractivity contribution in [2.75, 3.05) is 25.1 Å². The highest BCUT2D eigenvalue weighted by Crippen LogP contribution is 2.23. The fourth-order valence-corrected chi connectivity index (χ4v) is 3.58. The van der Waals surface area contributed by atoms with Crippen molar-refractivity contribution in [3.05, 3.63) is 29.8 Å². The maximum absolute atomic E-state index is 5.43. The first kappa shape index (κ1) is 14.9. The largest absolute Gasteiger partial charge is 0.381 e. The van der Waals surface area contributed by atoms with Gasteiger partial charge in [0.1, 0.15) is 0 Å². The standard InChI is InChI=1S/C18H28N2O/c1-21-18-10-7-16(13-18)19-14-15-5-8-17(9-6-15)20-11-3-2-4-12-20/h5-6,8-9,16,18-19H,2-4,7,10-14H2,1H3. The molecule has 3 rings (SSSR count). The molecule has 1 saturated heterocycles. The lowest BCUT2D eigenvalue weighted by atomic mass is 10.1. The van der Waals surface area contributed by atoms with Crippen LogP contribution in [0.1, 0.15) is 44.1 Å². The Kier molecular flexibility index (Phi) is 5.15. The zero-order chi connectivity index (χ0) is 14.5. The molecule has 0 bridgehead atoms. The highest BCUT2D eigenvalue weighted by atomic mass is 16.5. The maximum atomic E-state index is 5.43. The number of hydrogen-bond acceptors (Lipinski definition) is 3. The molecule has 1 aromatic rings. The number of hydrogen-bond donors (Lipinski definition) is 1. The summed E-state index contributed by atoms with van der Waals surface area (Å²) in [6.07, 6.45) is 8.12. The van der Waals surface area contributed by atoms with Crippen molar-refractivity contribution in [2.45, 2.75) is 57.2 Å². The van der Waals surface area contributed by atoms with Crippen LogP contribution in [-0.2, 0) is 11.3 Å². The van der Waals surface area contributed by atoms with E-state index in [1.54, 1.807) is 0 Å². The summed E-state index contributed by atoms with van der Waals surface area (Å²) in [5, 5.41) is 3.67. The van der Waals surface area contributed by atoms with Crippen LogP contribution in [0.15, 0.2) is 24.3 Å². The number of rotatable bonds is 5. The molecule has 21 heavy (non-hydrogen) atoms. The number of nitrogens with zero attached hydrogens (tertiary/aromatic N) is 1. The summed E-state index contributed by atoms with van der Waals surface area (Å²) < 4.78 is 5.43. The van der Waals surface area contributed by atoms with Crippen LogP contribution in [0.3, 0.4) is 0 Å². The van der Waals surface area contributed by atoms with Gasteiger partial charge in [-0.15, -0.1) is 0 Å². The van der Waals surface area contributed by atoms with Crippen molar-refractivity contribution >= 4 is 5.69 Å². The summed E-state index contributed by atoms with van der Waals surface area (Å²) in [6.45, 7) is 3.41. The van der Waals surface area contributed by atoms with Gasteiger partial charge in [-0.2, -0.15) is 0 Å². The van der Waals surface area contributed by atoms with Gasteiger partial charge in [0.25, 0.3) is 0 Å². The molecule has 2 aliphatic rings. The Morgan fingerprint density at radius 2 is 1.86 bits per heavy atom. The van der Waals surface area contributed by atoms with Crippen LogP contribution in [0.5, 0.6) is 0 Å². The summed E-state index contributed by atoms with van der Waals surface area (Å²) in [7, 11) is 1.83. The van der Waals surface area contributed by atoms with Gasteiger partial charge in [-0.1, -0.05) is 12.1 Å². The molecule has 1 aliphatic heterocycles. The molecule has 1 saturated carbocycles. The minimum Gasteiger partial charge on any atom is -0.381 e. The maximum Gasteiger partial charge on any atom is 0.0586 e.